The van der Waals surface area contributed by atoms with Gasteiger partial charge in [0.05, 0.1) is 10.1 Å². The van der Waals surface area contributed by atoms with Crippen molar-refractivity contribution in [2.24, 2.45) is 0 Å². The Morgan fingerprint density at radius 1 is 1.35 bits per heavy atom. The van der Waals surface area contributed by atoms with Crippen LogP contribution in [0.5, 0.6) is 0 Å². The fraction of sp³-hybridized carbons (Fsp3) is 0.562. The Morgan fingerprint density at radius 3 is 2.65 bits per heavy atom. The zero-order valence-electron chi connectivity index (χ0n) is 13.6. The highest BCUT2D eigenvalue weighted by molar-refractivity contribution is 9.10. The van der Waals surface area contributed by atoms with Crippen LogP contribution in [0.1, 0.15) is 33.6 Å². The number of ether oxygens (including phenoxy) is 1. The Bertz CT molecular complexity index is 682. The van der Waals surface area contributed by atoms with E-state index in [9.17, 15) is 13.2 Å². The molecule has 1 aromatic rings. The lowest BCUT2D eigenvalue weighted by Crippen LogP contribution is -2.47. The zero-order valence-corrected chi connectivity index (χ0v) is 16.0. The first-order valence-electron chi connectivity index (χ1n) is 7.57. The first-order chi connectivity index (χ1) is 10.6. The van der Waals surface area contributed by atoms with Crippen LogP contribution in [0, 0.1) is 0 Å². The molecule has 1 saturated heterocycles. The van der Waals surface area contributed by atoms with Crippen LogP contribution in [-0.2, 0) is 14.6 Å². The molecule has 7 heteroatoms. The van der Waals surface area contributed by atoms with Crippen LogP contribution >= 0.6 is 15.9 Å². The molecule has 1 amide bonds. The average molecular weight is 404 g/mol. The summed E-state index contributed by atoms with van der Waals surface area (Å²) in [6, 6.07) is 6.67. The molecular formula is C16H22BrNO4S. The van der Waals surface area contributed by atoms with Crippen LogP contribution in [0.3, 0.4) is 0 Å². The highest BCUT2D eigenvalue weighted by Gasteiger charge is 2.35. The van der Waals surface area contributed by atoms with Crippen molar-refractivity contribution in [3.63, 3.8) is 0 Å². The van der Waals surface area contributed by atoms with Crippen LogP contribution < -0.4 is 0 Å². The number of benzene rings is 1. The lowest BCUT2D eigenvalue weighted by atomic mass is 10.1. The van der Waals surface area contributed by atoms with Crippen molar-refractivity contribution >= 4 is 31.9 Å². The van der Waals surface area contributed by atoms with Gasteiger partial charge in [-0.05, 0) is 51.8 Å². The third-order valence-electron chi connectivity index (χ3n) is 3.59. The number of nitrogens with zero attached hydrogens (tertiary/aromatic N) is 1. The van der Waals surface area contributed by atoms with Crippen LogP contribution in [0.15, 0.2) is 33.6 Å². The standard InChI is InChI=1S/C16H22BrNO4S/c1-16(2,3)22-15(19)18-9-5-8-14(11-18)23(20,21)13-7-4-6-12(17)10-13/h4,6-7,10,14H,5,8-9,11H2,1-3H3/t14-/m0/s1. The van der Waals surface area contributed by atoms with Gasteiger partial charge in [0.1, 0.15) is 5.60 Å². The smallest absolute Gasteiger partial charge is 0.410 e. The molecule has 1 aliphatic rings. The van der Waals surface area contributed by atoms with Crippen molar-refractivity contribution in [3.05, 3.63) is 28.7 Å². The normalized spacial score (nSPS) is 19.5. The molecule has 0 unspecified atom stereocenters. The Kier molecular flexibility index (Phi) is 5.41. The summed E-state index contributed by atoms with van der Waals surface area (Å²) in [7, 11) is -3.47. The van der Waals surface area contributed by atoms with Crippen molar-refractivity contribution in [2.75, 3.05) is 13.1 Å². The molecular weight excluding hydrogens is 382 g/mol. The number of rotatable bonds is 2. The van der Waals surface area contributed by atoms with Crippen molar-refractivity contribution in [2.45, 2.75) is 49.4 Å². The molecule has 23 heavy (non-hydrogen) atoms. The van der Waals surface area contributed by atoms with E-state index >= 15 is 0 Å². The number of hydrogen-bond donors (Lipinski definition) is 0. The summed E-state index contributed by atoms with van der Waals surface area (Å²) in [5.74, 6) is 0. The number of sulfone groups is 1. The van der Waals surface area contributed by atoms with Crippen LogP contribution in [0.25, 0.3) is 0 Å². The van der Waals surface area contributed by atoms with Gasteiger partial charge >= 0.3 is 6.09 Å². The van der Waals surface area contributed by atoms with Gasteiger partial charge < -0.3 is 9.64 Å². The highest BCUT2D eigenvalue weighted by atomic mass is 79.9. The fourth-order valence-electron chi connectivity index (χ4n) is 2.52. The Morgan fingerprint density at radius 2 is 2.04 bits per heavy atom. The van der Waals surface area contributed by atoms with E-state index in [2.05, 4.69) is 15.9 Å². The molecule has 5 nitrogen and oxygen atoms in total. The van der Waals surface area contributed by atoms with Gasteiger partial charge in [-0.15, -0.1) is 0 Å². The van der Waals surface area contributed by atoms with E-state index in [4.69, 9.17) is 4.74 Å². The summed E-state index contributed by atoms with van der Waals surface area (Å²) in [6.07, 6.45) is 0.748. The van der Waals surface area contributed by atoms with E-state index < -0.39 is 26.8 Å². The molecule has 1 aliphatic heterocycles. The summed E-state index contributed by atoms with van der Waals surface area (Å²) in [6.45, 7) is 6.09. The summed E-state index contributed by atoms with van der Waals surface area (Å²) in [5.41, 5.74) is -0.590. The van der Waals surface area contributed by atoms with Crippen molar-refractivity contribution in [3.8, 4) is 0 Å². The van der Waals surface area contributed by atoms with E-state index in [0.717, 1.165) is 4.47 Å². The van der Waals surface area contributed by atoms with Gasteiger partial charge in [-0.3, -0.25) is 0 Å². The second-order valence-electron chi connectivity index (χ2n) is 6.69. The average Bonchev–Trinajstić information content (AvgIpc) is 2.45. The van der Waals surface area contributed by atoms with E-state index in [1.165, 1.54) is 4.90 Å². The highest BCUT2D eigenvalue weighted by Crippen LogP contribution is 2.26. The summed E-state index contributed by atoms with van der Waals surface area (Å²) < 4.78 is 31.7. The minimum Gasteiger partial charge on any atom is -0.444 e. The second-order valence-corrected chi connectivity index (χ2v) is 9.84. The minimum atomic E-state index is -3.47. The summed E-state index contributed by atoms with van der Waals surface area (Å²) in [5, 5.41) is -0.599. The quantitative estimate of drug-likeness (QED) is 0.755. The topological polar surface area (TPSA) is 63.7 Å². The molecule has 1 fully saturated rings. The van der Waals surface area contributed by atoms with E-state index in [1.807, 2.05) is 0 Å². The number of carbonyl (C=O) groups is 1. The maximum Gasteiger partial charge on any atom is 0.410 e. The molecule has 0 aliphatic carbocycles. The van der Waals surface area contributed by atoms with Gasteiger partial charge in [-0.25, -0.2) is 13.2 Å². The maximum atomic E-state index is 12.8. The lowest BCUT2D eigenvalue weighted by molar-refractivity contribution is 0.0219. The Balaban J connectivity index is 2.16. The fourth-order valence-corrected chi connectivity index (χ4v) is 4.87. The molecule has 0 spiro atoms. The molecule has 1 heterocycles. The van der Waals surface area contributed by atoms with Crippen LogP contribution in [0.2, 0.25) is 0 Å². The third kappa shape index (κ3) is 4.70. The van der Waals surface area contributed by atoms with Gasteiger partial charge in [0, 0.05) is 17.6 Å². The minimum absolute atomic E-state index is 0.170. The molecule has 128 valence electrons. The zero-order chi connectivity index (χ0) is 17.3. The van der Waals surface area contributed by atoms with Crippen molar-refractivity contribution < 1.29 is 17.9 Å². The molecule has 0 aromatic heterocycles. The van der Waals surface area contributed by atoms with Gasteiger partial charge in [-0.2, -0.15) is 0 Å². The number of carbonyl (C=O) groups excluding carboxylic acids is 1. The third-order valence-corrected chi connectivity index (χ3v) is 6.26. The molecule has 2 rings (SSSR count). The SMILES string of the molecule is CC(C)(C)OC(=O)N1CCC[C@H](S(=O)(=O)c2cccc(Br)c2)C1. The van der Waals surface area contributed by atoms with Gasteiger partial charge in [0.2, 0.25) is 0 Å². The summed E-state index contributed by atoms with van der Waals surface area (Å²) >= 11 is 3.30. The number of amides is 1. The number of hydrogen-bond acceptors (Lipinski definition) is 4. The van der Waals surface area contributed by atoms with Crippen molar-refractivity contribution in [1.29, 1.82) is 0 Å². The first kappa shape index (κ1) is 18.3. The lowest BCUT2D eigenvalue weighted by Gasteiger charge is -2.33. The van der Waals surface area contributed by atoms with Gasteiger partial charge in [-0.1, -0.05) is 22.0 Å². The first-order valence-corrected chi connectivity index (χ1v) is 9.91. The maximum absolute atomic E-state index is 12.8. The number of piperidine rings is 1. The molecule has 1 aromatic carbocycles. The number of likely N-dealkylation sites (tertiary alicyclic amines) is 1. The predicted octanol–water partition coefficient (Wildman–Crippen LogP) is 3.62. The molecule has 1 atom stereocenters. The van der Waals surface area contributed by atoms with Gasteiger partial charge in [0.25, 0.3) is 0 Å². The molecule has 0 bridgehead atoms. The Hall–Kier alpha value is -1.08. The van der Waals surface area contributed by atoms with E-state index in [-0.39, 0.29) is 11.4 Å². The number of halogens is 1. The molecule has 0 saturated carbocycles. The second kappa shape index (κ2) is 6.81. The summed E-state index contributed by atoms with van der Waals surface area (Å²) in [4.78, 5) is 14.0. The predicted molar refractivity (Wildman–Crippen MR) is 92.2 cm³/mol. The molecule has 0 N–H and O–H groups in total. The largest absolute Gasteiger partial charge is 0.444 e. The van der Waals surface area contributed by atoms with Crippen LogP contribution in [0.4, 0.5) is 4.79 Å². The van der Waals surface area contributed by atoms with E-state index in [0.29, 0.717) is 19.4 Å². The Labute approximate surface area is 146 Å². The molecule has 0 radical (unpaired) electrons. The van der Waals surface area contributed by atoms with Crippen molar-refractivity contribution in [1.82, 2.24) is 4.90 Å². The van der Waals surface area contributed by atoms with E-state index in [1.54, 1.807) is 45.0 Å². The van der Waals surface area contributed by atoms with Crippen LogP contribution in [-0.4, -0.2) is 43.4 Å². The van der Waals surface area contributed by atoms with Gasteiger partial charge in [0.15, 0.2) is 9.84 Å². The monoisotopic (exact) mass is 403 g/mol.